The third kappa shape index (κ3) is 3.80. The second-order valence-corrected chi connectivity index (χ2v) is 6.48. The Hall–Kier alpha value is -3.27. The molecule has 0 spiro atoms. The average Bonchev–Trinajstić information content (AvgIpc) is 3.09. The molecule has 1 heterocycles. The summed E-state index contributed by atoms with van der Waals surface area (Å²) in [7, 11) is 0. The summed E-state index contributed by atoms with van der Waals surface area (Å²) in [5, 5.41) is 3.17. The van der Waals surface area contributed by atoms with Gasteiger partial charge in [-0.3, -0.25) is 4.79 Å². The Morgan fingerprint density at radius 1 is 1.00 bits per heavy atom. The number of furan rings is 1. The first-order valence-electron chi connectivity index (χ1n) is 8.93. The molecule has 27 heavy (non-hydrogen) atoms. The van der Waals surface area contributed by atoms with Crippen molar-refractivity contribution in [3.8, 4) is 5.75 Å². The maximum atomic E-state index is 12.2. The Morgan fingerprint density at radius 2 is 1.89 bits per heavy atom. The fraction of sp³-hybridized carbons (Fsp3) is 0.174. The third-order valence-corrected chi connectivity index (χ3v) is 4.48. The van der Waals surface area contributed by atoms with Gasteiger partial charge in [0.15, 0.2) is 0 Å². The van der Waals surface area contributed by atoms with E-state index in [1.165, 1.54) is 0 Å². The predicted molar refractivity (Wildman–Crippen MR) is 105 cm³/mol. The van der Waals surface area contributed by atoms with E-state index in [0.717, 1.165) is 38.6 Å². The van der Waals surface area contributed by atoms with Crippen molar-refractivity contribution in [2.45, 2.75) is 13.3 Å². The Kier molecular flexibility index (Phi) is 4.79. The molecular weight excluding hydrogens is 340 g/mol. The van der Waals surface area contributed by atoms with E-state index in [2.05, 4.69) is 0 Å². The van der Waals surface area contributed by atoms with E-state index in [4.69, 9.17) is 13.9 Å². The van der Waals surface area contributed by atoms with Crippen molar-refractivity contribution in [1.29, 1.82) is 0 Å². The van der Waals surface area contributed by atoms with Crippen molar-refractivity contribution in [2.24, 2.45) is 0 Å². The molecule has 0 radical (unpaired) electrons. The van der Waals surface area contributed by atoms with Crippen molar-refractivity contribution in [3.63, 3.8) is 0 Å². The van der Waals surface area contributed by atoms with Gasteiger partial charge in [0.2, 0.25) is 0 Å². The van der Waals surface area contributed by atoms with Gasteiger partial charge in [-0.2, -0.15) is 0 Å². The van der Waals surface area contributed by atoms with Crippen LogP contribution in [0.5, 0.6) is 5.75 Å². The Balaban J connectivity index is 1.39. The minimum atomic E-state index is -0.293. The number of carbonyl (C=O) groups is 1. The number of hydrogen-bond acceptors (Lipinski definition) is 4. The third-order valence-electron chi connectivity index (χ3n) is 4.48. The number of benzene rings is 3. The van der Waals surface area contributed by atoms with Crippen LogP contribution in [0, 0.1) is 6.92 Å². The van der Waals surface area contributed by atoms with Crippen LogP contribution in [0.4, 0.5) is 0 Å². The van der Waals surface area contributed by atoms with Gasteiger partial charge in [0.25, 0.3) is 0 Å². The summed E-state index contributed by atoms with van der Waals surface area (Å²) in [6, 6.07) is 19.8. The van der Waals surface area contributed by atoms with Crippen molar-refractivity contribution < 1.29 is 18.7 Å². The number of ether oxygens (including phenoxy) is 2. The van der Waals surface area contributed by atoms with E-state index in [1.807, 2.05) is 67.6 Å². The fourth-order valence-electron chi connectivity index (χ4n) is 3.23. The van der Waals surface area contributed by atoms with Gasteiger partial charge in [-0.1, -0.05) is 42.5 Å². The fourth-order valence-corrected chi connectivity index (χ4v) is 3.23. The SMILES string of the molecule is Cc1cccc(OCCOC(=O)Cc2coc3ccc4ccccc4c23)c1. The molecule has 0 aliphatic heterocycles. The smallest absolute Gasteiger partial charge is 0.310 e. The highest BCUT2D eigenvalue weighted by molar-refractivity contribution is 6.08. The number of fused-ring (bicyclic) bond motifs is 3. The van der Waals surface area contributed by atoms with E-state index in [-0.39, 0.29) is 19.0 Å². The van der Waals surface area contributed by atoms with Gasteiger partial charge < -0.3 is 13.9 Å². The van der Waals surface area contributed by atoms with Gasteiger partial charge in [0, 0.05) is 10.9 Å². The number of hydrogen-bond donors (Lipinski definition) is 0. The van der Waals surface area contributed by atoms with Crippen LogP contribution in [0.1, 0.15) is 11.1 Å². The van der Waals surface area contributed by atoms with E-state index in [9.17, 15) is 4.79 Å². The first kappa shape index (κ1) is 17.2. The van der Waals surface area contributed by atoms with Gasteiger partial charge in [-0.15, -0.1) is 0 Å². The second-order valence-electron chi connectivity index (χ2n) is 6.48. The van der Waals surface area contributed by atoms with Gasteiger partial charge in [0.05, 0.1) is 12.7 Å². The number of esters is 1. The van der Waals surface area contributed by atoms with Crippen LogP contribution in [0.2, 0.25) is 0 Å². The average molecular weight is 360 g/mol. The molecule has 0 bridgehead atoms. The van der Waals surface area contributed by atoms with Crippen LogP contribution in [0.3, 0.4) is 0 Å². The summed E-state index contributed by atoms with van der Waals surface area (Å²) in [6.07, 6.45) is 1.81. The van der Waals surface area contributed by atoms with Gasteiger partial charge in [-0.25, -0.2) is 0 Å². The van der Waals surface area contributed by atoms with Gasteiger partial charge >= 0.3 is 5.97 Å². The standard InChI is InChI=1S/C23H20O4/c1-16-5-4-7-19(13-16)25-11-12-26-22(24)14-18-15-27-21-10-9-17-6-2-3-8-20(17)23(18)21/h2-10,13,15H,11-12,14H2,1H3. The molecule has 1 aromatic heterocycles. The summed E-state index contributed by atoms with van der Waals surface area (Å²) >= 11 is 0. The van der Waals surface area contributed by atoms with Crippen molar-refractivity contribution >= 4 is 27.7 Å². The van der Waals surface area contributed by atoms with Crippen molar-refractivity contribution in [3.05, 3.63) is 78.1 Å². The zero-order valence-electron chi connectivity index (χ0n) is 15.1. The molecule has 0 amide bonds. The molecule has 4 rings (SSSR count). The lowest BCUT2D eigenvalue weighted by Gasteiger charge is -2.08. The monoisotopic (exact) mass is 360 g/mol. The van der Waals surface area contributed by atoms with Crippen LogP contribution in [0.25, 0.3) is 21.7 Å². The molecule has 136 valence electrons. The second kappa shape index (κ2) is 7.54. The molecular formula is C23H20O4. The Bertz CT molecular complexity index is 1090. The summed E-state index contributed by atoms with van der Waals surface area (Å²) in [5.74, 6) is 0.483. The molecule has 4 heteroatoms. The number of rotatable bonds is 6. The molecule has 0 N–H and O–H groups in total. The van der Waals surface area contributed by atoms with Crippen LogP contribution >= 0.6 is 0 Å². The van der Waals surface area contributed by atoms with E-state index >= 15 is 0 Å². The lowest BCUT2D eigenvalue weighted by Crippen LogP contribution is -2.13. The Labute approximate surface area is 157 Å². The van der Waals surface area contributed by atoms with E-state index < -0.39 is 0 Å². The summed E-state index contributed by atoms with van der Waals surface area (Å²) in [4.78, 5) is 12.2. The van der Waals surface area contributed by atoms with Gasteiger partial charge in [-0.05, 0) is 41.5 Å². The highest BCUT2D eigenvalue weighted by Gasteiger charge is 2.14. The largest absolute Gasteiger partial charge is 0.490 e. The number of carbonyl (C=O) groups excluding carboxylic acids is 1. The molecule has 0 unspecified atom stereocenters. The zero-order chi connectivity index (χ0) is 18.6. The first-order valence-corrected chi connectivity index (χ1v) is 8.93. The highest BCUT2D eigenvalue weighted by Crippen LogP contribution is 2.30. The van der Waals surface area contributed by atoms with Crippen molar-refractivity contribution in [2.75, 3.05) is 13.2 Å². The van der Waals surface area contributed by atoms with Crippen LogP contribution in [-0.2, 0) is 16.0 Å². The molecule has 0 atom stereocenters. The molecule has 0 aliphatic rings. The maximum absolute atomic E-state index is 12.2. The normalized spacial score (nSPS) is 11.0. The van der Waals surface area contributed by atoms with E-state index in [1.54, 1.807) is 6.26 Å². The molecule has 0 saturated heterocycles. The van der Waals surface area contributed by atoms with Crippen molar-refractivity contribution in [1.82, 2.24) is 0 Å². The minimum Gasteiger partial charge on any atom is -0.490 e. The topological polar surface area (TPSA) is 48.7 Å². The molecule has 4 nitrogen and oxygen atoms in total. The summed E-state index contributed by atoms with van der Waals surface area (Å²) in [5.41, 5.74) is 2.74. The maximum Gasteiger partial charge on any atom is 0.310 e. The molecule has 0 saturated carbocycles. The lowest BCUT2D eigenvalue weighted by atomic mass is 10.0. The predicted octanol–water partition coefficient (Wildman–Crippen LogP) is 5.06. The number of aryl methyl sites for hydroxylation is 1. The lowest BCUT2D eigenvalue weighted by molar-refractivity contribution is -0.143. The molecule has 0 fully saturated rings. The highest BCUT2D eigenvalue weighted by atomic mass is 16.6. The zero-order valence-corrected chi connectivity index (χ0v) is 15.1. The summed E-state index contributed by atoms with van der Waals surface area (Å²) < 4.78 is 16.5. The van der Waals surface area contributed by atoms with Crippen LogP contribution in [-0.4, -0.2) is 19.2 Å². The Morgan fingerprint density at radius 3 is 2.78 bits per heavy atom. The van der Waals surface area contributed by atoms with E-state index in [0.29, 0.717) is 6.61 Å². The molecule has 3 aromatic carbocycles. The molecule has 4 aromatic rings. The molecule has 0 aliphatic carbocycles. The van der Waals surface area contributed by atoms with Gasteiger partial charge in [0.1, 0.15) is 24.5 Å². The van der Waals surface area contributed by atoms with Crippen LogP contribution in [0.15, 0.2) is 71.3 Å². The first-order chi connectivity index (χ1) is 13.2. The summed E-state index contributed by atoms with van der Waals surface area (Å²) in [6.45, 7) is 2.54. The van der Waals surface area contributed by atoms with Crippen LogP contribution < -0.4 is 4.74 Å². The minimum absolute atomic E-state index is 0.172. The quantitative estimate of drug-likeness (QED) is 0.356.